The van der Waals surface area contributed by atoms with Gasteiger partial charge in [0.15, 0.2) is 0 Å². The summed E-state index contributed by atoms with van der Waals surface area (Å²) < 4.78 is 0. The Balaban J connectivity index is 2.64. The van der Waals surface area contributed by atoms with Crippen LogP contribution in [0.5, 0.6) is 11.5 Å². The van der Waals surface area contributed by atoms with E-state index >= 15 is 0 Å². The minimum Gasteiger partial charge on any atom is -0.507 e. The molecule has 98 valence electrons. The molecule has 0 heterocycles. The fraction of sp³-hybridized carbons (Fsp3) is 0.333. The molecule has 1 aromatic carbocycles. The maximum atomic E-state index is 11.7. The second-order valence-electron chi connectivity index (χ2n) is 4.08. The summed E-state index contributed by atoms with van der Waals surface area (Å²) in [5.74, 6) is -1.72. The molecule has 0 atom stereocenters. The molecular weight excluding hydrogens is 236 g/mol. The largest absolute Gasteiger partial charge is 0.507 e. The van der Waals surface area contributed by atoms with Gasteiger partial charge in [-0.25, -0.2) is 0 Å². The van der Waals surface area contributed by atoms with Gasteiger partial charge in [0.2, 0.25) is 5.91 Å². The van der Waals surface area contributed by atoms with Crippen LogP contribution in [0.3, 0.4) is 0 Å². The number of phenols is 2. The Morgan fingerprint density at radius 3 is 2.28 bits per heavy atom. The lowest BCUT2D eigenvalue weighted by atomic mass is 10.1. The minimum atomic E-state index is -0.704. The number of rotatable bonds is 4. The Morgan fingerprint density at radius 2 is 1.78 bits per heavy atom. The monoisotopic (exact) mass is 252 g/mol. The first-order chi connectivity index (χ1) is 8.41. The number of hydrogen-bond donors (Lipinski definition) is 4. The Morgan fingerprint density at radius 1 is 1.22 bits per heavy atom. The van der Waals surface area contributed by atoms with Crippen molar-refractivity contribution < 1.29 is 19.8 Å². The third kappa shape index (κ3) is 3.65. The van der Waals surface area contributed by atoms with E-state index in [1.165, 1.54) is 18.2 Å². The van der Waals surface area contributed by atoms with Gasteiger partial charge in [0.1, 0.15) is 17.1 Å². The standard InChI is InChI=1S/C12H16N2O4/c1-7(2)14-10(17)6-13-12(18)11-8(15)4-3-5-9(11)16/h3-5,7,15-16H,6H2,1-2H3,(H,13,18)(H,14,17). The van der Waals surface area contributed by atoms with Gasteiger partial charge in [0, 0.05) is 6.04 Å². The van der Waals surface area contributed by atoms with Gasteiger partial charge < -0.3 is 20.8 Å². The summed E-state index contributed by atoms with van der Waals surface area (Å²) in [6, 6.07) is 3.95. The molecule has 0 fully saturated rings. The van der Waals surface area contributed by atoms with Crippen molar-refractivity contribution in [3.63, 3.8) is 0 Å². The van der Waals surface area contributed by atoms with Crippen LogP contribution < -0.4 is 10.6 Å². The van der Waals surface area contributed by atoms with Crippen LogP contribution in [0.4, 0.5) is 0 Å². The van der Waals surface area contributed by atoms with Crippen LogP contribution in [0, 0.1) is 0 Å². The summed E-state index contributed by atoms with van der Waals surface area (Å²) >= 11 is 0. The van der Waals surface area contributed by atoms with Crippen LogP contribution in [-0.4, -0.2) is 34.6 Å². The highest BCUT2D eigenvalue weighted by Crippen LogP contribution is 2.25. The summed E-state index contributed by atoms with van der Waals surface area (Å²) in [5, 5.41) is 23.8. The fourth-order valence-electron chi connectivity index (χ4n) is 1.38. The van der Waals surface area contributed by atoms with E-state index in [9.17, 15) is 19.8 Å². The third-order valence-electron chi connectivity index (χ3n) is 2.11. The summed E-state index contributed by atoms with van der Waals surface area (Å²) in [6.07, 6.45) is 0. The van der Waals surface area contributed by atoms with E-state index in [1.807, 2.05) is 0 Å². The maximum absolute atomic E-state index is 11.7. The highest BCUT2D eigenvalue weighted by Gasteiger charge is 2.16. The predicted molar refractivity (Wildman–Crippen MR) is 65.4 cm³/mol. The van der Waals surface area contributed by atoms with E-state index in [-0.39, 0.29) is 35.6 Å². The van der Waals surface area contributed by atoms with E-state index in [1.54, 1.807) is 13.8 Å². The molecule has 0 spiro atoms. The summed E-state index contributed by atoms with van der Waals surface area (Å²) in [6.45, 7) is 3.38. The first kappa shape index (κ1) is 13.8. The molecule has 2 amide bonds. The Bertz CT molecular complexity index is 437. The number of carbonyl (C=O) groups is 2. The fourth-order valence-corrected chi connectivity index (χ4v) is 1.38. The van der Waals surface area contributed by atoms with Crippen molar-refractivity contribution in [2.45, 2.75) is 19.9 Å². The number of hydrogen-bond acceptors (Lipinski definition) is 4. The third-order valence-corrected chi connectivity index (χ3v) is 2.11. The maximum Gasteiger partial charge on any atom is 0.259 e. The Kier molecular flexibility index (Phi) is 4.53. The topological polar surface area (TPSA) is 98.7 Å². The number of phenolic OH excluding ortho intramolecular Hbond substituents is 2. The molecule has 0 unspecified atom stereocenters. The van der Waals surface area contributed by atoms with Crippen LogP contribution >= 0.6 is 0 Å². The van der Waals surface area contributed by atoms with Crippen LogP contribution in [0.15, 0.2) is 18.2 Å². The summed E-state index contributed by atoms with van der Waals surface area (Å²) in [4.78, 5) is 23.0. The highest BCUT2D eigenvalue weighted by molar-refractivity contribution is 6.00. The zero-order valence-corrected chi connectivity index (χ0v) is 10.2. The molecule has 1 aromatic rings. The molecule has 0 radical (unpaired) electrons. The second kappa shape index (κ2) is 5.90. The molecule has 0 aliphatic heterocycles. The van der Waals surface area contributed by atoms with Crippen molar-refractivity contribution in [2.24, 2.45) is 0 Å². The SMILES string of the molecule is CC(C)NC(=O)CNC(=O)c1c(O)cccc1O. The van der Waals surface area contributed by atoms with E-state index < -0.39 is 5.91 Å². The van der Waals surface area contributed by atoms with Gasteiger partial charge in [0.05, 0.1) is 6.54 Å². The van der Waals surface area contributed by atoms with E-state index in [0.29, 0.717) is 0 Å². The van der Waals surface area contributed by atoms with Gasteiger partial charge in [-0.2, -0.15) is 0 Å². The van der Waals surface area contributed by atoms with Crippen molar-refractivity contribution in [2.75, 3.05) is 6.54 Å². The average Bonchev–Trinajstić information content (AvgIpc) is 2.25. The first-order valence-corrected chi connectivity index (χ1v) is 5.50. The van der Waals surface area contributed by atoms with E-state index in [0.717, 1.165) is 0 Å². The van der Waals surface area contributed by atoms with Crippen LogP contribution in [0.1, 0.15) is 24.2 Å². The van der Waals surface area contributed by atoms with Crippen molar-refractivity contribution in [3.8, 4) is 11.5 Å². The number of nitrogens with one attached hydrogen (secondary N) is 2. The van der Waals surface area contributed by atoms with Crippen LogP contribution in [-0.2, 0) is 4.79 Å². The van der Waals surface area contributed by atoms with Crippen LogP contribution in [0.25, 0.3) is 0 Å². The smallest absolute Gasteiger partial charge is 0.259 e. The molecule has 4 N–H and O–H groups in total. The van der Waals surface area contributed by atoms with Crippen molar-refractivity contribution in [3.05, 3.63) is 23.8 Å². The van der Waals surface area contributed by atoms with E-state index in [4.69, 9.17) is 0 Å². The van der Waals surface area contributed by atoms with Gasteiger partial charge in [0.25, 0.3) is 5.91 Å². The highest BCUT2D eigenvalue weighted by atomic mass is 16.3. The second-order valence-corrected chi connectivity index (χ2v) is 4.08. The van der Waals surface area contributed by atoms with Gasteiger partial charge in [-0.1, -0.05) is 6.07 Å². The molecule has 0 bridgehead atoms. The molecular formula is C12H16N2O4. The minimum absolute atomic E-state index is 0.0204. The van der Waals surface area contributed by atoms with Gasteiger partial charge >= 0.3 is 0 Å². The average molecular weight is 252 g/mol. The number of carbonyl (C=O) groups excluding carboxylic acids is 2. The molecule has 0 saturated heterocycles. The molecule has 6 heteroatoms. The molecule has 18 heavy (non-hydrogen) atoms. The molecule has 0 aromatic heterocycles. The zero-order valence-electron chi connectivity index (χ0n) is 10.2. The Labute approximate surface area is 105 Å². The van der Waals surface area contributed by atoms with Crippen molar-refractivity contribution in [1.29, 1.82) is 0 Å². The lowest BCUT2D eigenvalue weighted by Gasteiger charge is -2.10. The quantitative estimate of drug-likeness (QED) is 0.621. The number of amides is 2. The lowest BCUT2D eigenvalue weighted by Crippen LogP contribution is -2.39. The van der Waals surface area contributed by atoms with Crippen molar-refractivity contribution in [1.82, 2.24) is 10.6 Å². The Hall–Kier alpha value is -2.24. The summed E-state index contributed by atoms with van der Waals surface area (Å²) in [5.41, 5.74) is -0.241. The summed E-state index contributed by atoms with van der Waals surface area (Å²) in [7, 11) is 0. The van der Waals surface area contributed by atoms with Gasteiger partial charge in [-0.05, 0) is 26.0 Å². The van der Waals surface area contributed by atoms with Gasteiger partial charge in [-0.15, -0.1) is 0 Å². The first-order valence-electron chi connectivity index (χ1n) is 5.50. The molecule has 1 rings (SSSR count). The molecule has 0 saturated carbocycles. The van der Waals surface area contributed by atoms with E-state index in [2.05, 4.69) is 10.6 Å². The van der Waals surface area contributed by atoms with Crippen molar-refractivity contribution >= 4 is 11.8 Å². The lowest BCUT2D eigenvalue weighted by molar-refractivity contribution is -0.120. The zero-order chi connectivity index (χ0) is 13.7. The molecule has 6 nitrogen and oxygen atoms in total. The number of benzene rings is 1. The van der Waals surface area contributed by atoms with Gasteiger partial charge in [-0.3, -0.25) is 9.59 Å². The predicted octanol–water partition coefficient (Wildman–Crippen LogP) is 0.352. The van der Waals surface area contributed by atoms with Crippen LogP contribution in [0.2, 0.25) is 0 Å². The number of aromatic hydroxyl groups is 2. The normalized spacial score (nSPS) is 10.2. The molecule has 0 aliphatic carbocycles. The molecule has 0 aliphatic rings.